The molecule has 0 radical (unpaired) electrons. The number of benzene rings is 1. The number of carboxylic acids is 1. The van der Waals surface area contributed by atoms with Gasteiger partial charge in [-0.05, 0) is 30.9 Å². The van der Waals surface area contributed by atoms with E-state index < -0.39 is 23.3 Å². The van der Waals surface area contributed by atoms with E-state index in [1.807, 2.05) is 24.3 Å². The van der Waals surface area contributed by atoms with Gasteiger partial charge in [-0.3, -0.25) is 9.59 Å². The van der Waals surface area contributed by atoms with Crippen molar-refractivity contribution in [3.63, 3.8) is 0 Å². The van der Waals surface area contributed by atoms with Crippen molar-refractivity contribution in [1.29, 1.82) is 0 Å². The van der Waals surface area contributed by atoms with Crippen LogP contribution in [0.5, 0.6) is 0 Å². The molecule has 0 spiro atoms. The van der Waals surface area contributed by atoms with Crippen molar-refractivity contribution in [2.45, 2.75) is 45.1 Å². The van der Waals surface area contributed by atoms with Crippen molar-refractivity contribution in [2.24, 2.45) is 5.92 Å². The van der Waals surface area contributed by atoms with Gasteiger partial charge in [0.1, 0.15) is 0 Å². The SMILES string of the molecule is CCC(C)c1ccccc1N1CC(C(=O)NC(C)(COC)C(=O)O)CC1=O. The molecule has 3 unspecified atom stereocenters. The number of hydrogen-bond donors (Lipinski definition) is 2. The summed E-state index contributed by atoms with van der Waals surface area (Å²) >= 11 is 0. The summed E-state index contributed by atoms with van der Waals surface area (Å²) in [5.41, 5.74) is 0.367. The van der Waals surface area contributed by atoms with E-state index in [9.17, 15) is 19.5 Å². The Morgan fingerprint density at radius 3 is 2.67 bits per heavy atom. The Kier molecular flexibility index (Phi) is 6.59. The van der Waals surface area contributed by atoms with Crippen LogP contribution in [-0.4, -0.2) is 48.7 Å². The van der Waals surface area contributed by atoms with Crippen LogP contribution in [0.4, 0.5) is 5.69 Å². The first-order valence-corrected chi connectivity index (χ1v) is 9.17. The van der Waals surface area contributed by atoms with Gasteiger partial charge in [0.2, 0.25) is 11.8 Å². The van der Waals surface area contributed by atoms with E-state index in [0.29, 0.717) is 5.92 Å². The third kappa shape index (κ3) is 4.47. The Bertz CT molecular complexity index is 720. The molecule has 148 valence electrons. The largest absolute Gasteiger partial charge is 0.479 e. The van der Waals surface area contributed by atoms with Gasteiger partial charge < -0.3 is 20.1 Å². The summed E-state index contributed by atoms with van der Waals surface area (Å²) in [5, 5.41) is 11.9. The summed E-state index contributed by atoms with van der Waals surface area (Å²) in [5.74, 6) is -2.07. The lowest BCUT2D eigenvalue weighted by Gasteiger charge is -2.27. The molecule has 3 atom stereocenters. The molecule has 2 rings (SSSR count). The molecule has 1 fully saturated rings. The molecule has 1 heterocycles. The summed E-state index contributed by atoms with van der Waals surface area (Å²) in [6, 6.07) is 7.72. The van der Waals surface area contributed by atoms with Crippen molar-refractivity contribution < 1.29 is 24.2 Å². The summed E-state index contributed by atoms with van der Waals surface area (Å²) in [6.45, 7) is 5.66. The highest BCUT2D eigenvalue weighted by atomic mass is 16.5. The zero-order chi connectivity index (χ0) is 20.2. The minimum Gasteiger partial charge on any atom is -0.479 e. The molecular weight excluding hydrogens is 348 g/mol. The van der Waals surface area contributed by atoms with Crippen LogP contribution in [0, 0.1) is 5.92 Å². The van der Waals surface area contributed by atoms with Gasteiger partial charge in [-0.2, -0.15) is 0 Å². The molecule has 0 saturated carbocycles. The quantitative estimate of drug-likeness (QED) is 0.725. The van der Waals surface area contributed by atoms with E-state index in [1.165, 1.54) is 14.0 Å². The van der Waals surface area contributed by atoms with E-state index in [2.05, 4.69) is 19.2 Å². The third-order valence-electron chi connectivity index (χ3n) is 5.17. The number of carboxylic acid groups (broad SMARTS) is 1. The Labute approximate surface area is 159 Å². The predicted octanol–water partition coefficient (Wildman–Crippen LogP) is 2.16. The molecule has 1 aromatic carbocycles. The predicted molar refractivity (Wildman–Crippen MR) is 102 cm³/mol. The second-order valence-electron chi connectivity index (χ2n) is 7.33. The monoisotopic (exact) mass is 376 g/mol. The van der Waals surface area contributed by atoms with Gasteiger partial charge >= 0.3 is 5.97 Å². The van der Waals surface area contributed by atoms with Gasteiger partial charge in [-0.25, -0.2) is 4.79 Å². The minimum absolute atomic E-state index is 0.0589. The molecule has 2 N–H and O–H groups in total. The Morgan fingerprint density at radius 1 is 1.41 bits per heavy atom. The molecule has 7 heteroatoms. The van der Waals surface area contributed by atoms with E-state index in [1.54, 1.807) is 4.90 Å². The first-order valence-electron chi connectivity index (χ1n) is 9.17. The van der Waals surface area contributed by atoms with Crippen molar-refractivity contribution >= 4 is 23.5 Å². The number of para-hydroxylation sites is 1. The Balaban J connectivity index is 2.18. The Hall–Kier alpha value is -2.41. The Morgan fingerprint density at radius 2 is 2.07 bits per heavy atom. The highest BCUT2D eigenvalue weighted by Crippen LogP contribution is 2.33. The van der Waals surface area contributed by atoms with Crippen LogP contribution in [-0.2, 0) is 19.1 Å². The third-order valence-corrected chi connectivity index (χ3v) is 5.17. The topological polar surface area (TPSA) is 95.9 Å². The average Bonchev–Trinajstić information content (AvgIpc) is 3.03. The number of anilines is 1. The number of methoxy groups -OCH3 is 1. The lowest BCUT2D eigenvalue weighted by atomic mass is 9.96. The van der Waals surface area contributed by atoms with Crippen LogP contribution in [0.3, 0.4) is 0 Å². The maximum absolute atomic E-state index is 12.6. The van der Waals surface area contributed by atoms with E-state index in [-0.39, 0.29) is 25.5 Å². The summed E-state index contributed by atoms with van der Waals surface area (Å²) in [4.78, 5) is 38.3. The lowest BCUT2D eigenvalue weighted by molar-refractivity contribution is -0.149. The molecule has 1 aliphatic heterocycles. The number of rotatable bonds is 8. The number of amides is 2. The van der Waals surface area contributed by atoms with Crippen molar-refractivity contribution in [3.05, 3.63) is 29.8 Å². The molecule has 1 saturated heterocycles. The molecule has 1 aromatic rings. The van der Waals surface area contributed by atoms with Gasteiger partial charge in [0.05, 0.1) is 12.5 Å². The lowest BCUT2D eigenvalue weighted by Crippen LogP contribution is -2.56. The molecule has 1 aliphatic rings. The second-order valence-corrected chi connectivity index (χ2v) is 7.33. The first kappa shape index (κ1) is 20.9. The molecule has 2 amide bonds. The summed E-state index contributed by atoms with van der Waals surface area (Å²) < 4.78 is 4.92. The van der Waals surface area contributed by atoms with Gasteiger partial charge in [0.25, 0.3) is 0 Å². The number of carbonyl (C=O) groups is 3. The van der Waals surface area contributed by atoms with Crippen LogP contribution < -0.4 is 10.2 Å². The molecule has 0 bridgehead atoms. The van der Waals surface area contributed by atoms with Crippen molar-refractivity contribution in [3.8, 4) is 0 Å². The minimum atomic E-state index is -1.53. The van der Waals surface area contributed by atoms with Gasteiger partial charge in [0, 0.05) is 25.8 Å². The molecular formula is C20H28N2O5. The smallest absolute Gasteiger partial charge is 0.331 e. The number of carbonyl (C=O) groups excluding carboxylic acids is 2. The maximum atomic E-state index is 12.6. The zero-order valence-electron chi connectivity index (χ0n) is 16.3. The molecule has 0 aliphatic carbocycles. The van der Waals surface area contributed by atoms with Crippen molar-refractivity contribution in [1.82, 2.24) is 5.32 Å². The van der Waals surface area contributed by atoms with E-state index in [0.717, 1.165) is 17.7 Å². The number of aliphatic carboxylic acids is 1. The average molecular weight is 376 g/mol. The standard InChI is InChI=1S/C20H28N2O5/c1-5-13(2)15-8-6-7-9-16(15)22-11-14(10-17(22)23)18(24)21-20(3,12-27-4)19(25)26/h6-9,13-14H,5,10-12H2,1-4H3,(H,21,24)(H,25,26). The number of ether oxygens (including phenoxy) is 1. The van der Waals surface area contributed by atoms with Crippen LogP contribution in [0.2, 0.25) is 0 Å². The normalized spacial score (nSPS) is 20.2. The van der Waals surface area contributed by atoms with E-state index >= 15 is 0 Å². The van der Waals surface area contributed by atoms with Gasteiger partial charge in [-0.1, -0.05) is 32.0 Å². The highest BCUT2D eigenvalue weighted by molar-refractivity contribution is 6.01. The fraction of sp³-hybridized carbons (Fsp3) is 0.550. The second kappa shape index (κ2) is 8.52. The van der Waals surface area contributed by atoms with Gasteiger partial charge in [0.15, 0.2) is 5.54 Å². The fourth-order valence-corrected chi connectivity index (χ4v) is 3.30. The molecule has 27 heavy (non-hydrogen) atoms. The van der Waals surface area contributed by atoms with E-state index in [4.69, 9.17) is 4.74 Å². The molecule has 0 aromatic heterocycles. The number of hydrogen-bond acceptors (Lipinski definition) is 4. The number of nitrogens with zero attached hydrogens (tertiary/aromatic N) is 1. The highest BCUT2D eigenvalue weighted by Gasteiger charge is 2.41. The number of nitrogens with one attached hydrogen (secondary N) is 1. The first-order chi connectivity index (χ1) is 12.7. The zero-order valence-corrected chi connectivity index (χ0v) is 16.3. The maximum Gasteiger partial charge on any atom is 0.331 e. The van der Waals surface area contributed by atoms with Crippen molar-refractivity contribution in [2.75, 3.05) is 25.2 Å². The van der Waals surface area contributed by atoms with Crippen LogP contribution in [0.15, 0.2) is 24.3 Å². The summed E-state index contributed by atoms with van der Waals surface area (Å²) in [6.07, 6.45) is 1.00. The summed E-state index contributed by atoms with van der Waals surface area (Å²) in [7, 11) is 1.38. The van der Waals surface area contributed by atoms with Crippen LogP contribution in [0.1, 0.15) is 45.1 Å². The molecule has 7 nitrogen and oxygen atoms in total. The van der Waals surface area contributed by atoms with Crippen LogP contribution in [0.25, 0.3) is 0 Å². The van der Waals surface area contributed by atoms with Crippen LogP contribution >= 0.6 is 0 Å². The van der Waals surface area contributed by atoms with Gasteiger partial charge in [-0.15, -0.1) is 0 Å². The fourth-order valence-electron chi connectivity index (χ4n) is 3.30.